The third kappa shape index (κ3) is 5.90. The summed E-state index contributed by atoms with van der Waals surface area (Å²) in [6, 6.07) is 14.9. The normalized spacial score (nSPS) is 11.1. The average molecular weight is 397 g/mol. The summed E-state index contributed by atoms with van der Waals surface area (Å²) in [6.45, 7) is 1.70. The molecule has 0 radical (unpaired) electrons. The third-order valence-corrected chi connectivity index (χ3v) is 4.10. The number of nitrogens with zero attached hydrogens (tertiary/aromatic N) is 1. The van der Waals surface area contributed by atoms with Crippen molar-refractivity contribution >= 4 is 23.8 Å². The minimum absolute atomic E-state index is 0.0389. The number of urea groups is 1. The number of carbonyl (C=O) groups is 4. The van der Waals surface area contributed by atoms with Gasteiger partial charge in [-0.3, -0.25) is 14.9 Å². The molecule has 0 saturated heterocycles. The highest BCUT2D eigenvalue weighted by Crippen LogP contribution is 2.15. The molecule has 8 nitrogen and oxygen atoms in total. The van der Waals surface area contributed by atoms with Gasteiger partial charge in [0.1, 0.15) is 0 Å². The van der Waals surface area contributed by atoms with E-state index in [9.17, 15) is 19.2 Å². The van der Waals surface area contributed by atoms with Crippen LogP contribution in [0.5, 0.6) is 0 Å². The molecule has 0 bridgehead atoms. The minimum Gasteiger partial charge on any atom is -0.449 e. The fourth-order valence-corrected chi connectivity index (χ4v) is 2.54. The van der Waals surface area contributed by atoms with E-state index in [-0.39, 0.29) is 17.0 Å². The van der Waals surface area contributed by atoms with Crippen LogP contribution in [0.4, 0.5) is 4.79 Å². The van der Waals surface area contributed by atoms with Crippen LogP contribution in [-0.2, 0) is 16.1 Å². The summed E-state index contributed by atoms with van der Waals surface area (Å²) in [5, 5.41) is 4.26. The van der Waals surface area contributed by atoms with Crippen molar-refractivity contribution in [2.75, 3.05) is 14.1 Å². The van der Waals surface area contributed by atoms with Gasteiger partial charge in [0.05, 0.1) is 11.1 Å². The van der Waals surface area contributed by atoms with Crippen LogP contribution in [0.1, 0.15) is 33.2 Å². The zero-order valence-corrected chi connectivity index (χ0v) is 16.5. The van der Waals surface area contributed by atoms with Crippen LogP contribution >= 0.6 is 0 Å². The second-order valence-corrected chi connectivity index (χ2v) is 6.31. The van der Waals surface area contributed by atoms with Crippen LogP contribution in [-0.4, -0.2) is 48.9 Å². The molecule has 4 amide bonds. The van der Waals surface area contributed by atoms with E-state index >= 15 is 0 Å². The van der Waals surface area contributed by atoms with Crippen molar-refractivity contribution in [1.29, 1.82) is 0 Å². The fourth-order valence-electron chi connectivity index (χ4n) is 2.54. The largest absolute Gasteiger partial charge is 0.449 e. The number of ether oxygens (including phenoxy) is 1. The zero-order valence-electron chi connectivity index (χ0n) is 16.5. The molecule has 0 fully saturated rings. The van der Waals surface area contributed by atoms with E-state index in [2.05, 4.69) is 5.32 Å². The third-order valence-electron chi connectivity index (χ3n) is 4.10. The second-order valence-electron chi connectivity index (χ2n) is 6.31. The Labute approximate surface area is 168 Å². The van der Waals surface area contributed by atoms with Crippen LogP contribution < -0.4 is 10.6 Å². The van der Waals surface area contributed by atoms with E-state index < -0.39 is 24.0 Å². The van der Waals surface area contributed by atoms with Crippen molar-refractivity contribution in [3.8, 4) is 0 Å². The molecule has 2 rings (SSSR count). The number of carbonyl (C=O) groups excluding carboxylic acids is 4. The van der Waals surface area contributed by atoms with Crippen LogP contribution in [0.25, 0.3) is 0 Å². The number of hydrogen-bond donors (Lipinski definition) is 2. The standard InChI is InChI=1S/C21H23N3O5/c1-14(18(25)23-21(28)22-2)29-20(27)17-12-8-7-11-16(17)19(26)24(3)13-15-9-5-4-6-10-15/h4-12,14H,13H2,1-3H3,(H2,22,23,25,28)/t14-/m0/s1. The van der Waals surface area contributed by atoms with Gasteiger partial charge >= 0.3 is 12.0 Å². The lowest BCUT2D eigenvalue weighted by Crippen LogP contribution is -2.43. The van der Waals surface area contributed by atoms with Crippen LogP contribution in [0.15, 0.2) is 54.6 Å². The van der Waals surface area contributed by atoms with Gasteiger partial charge in [-0.2, -0.15) is 0 Å². The predicted octanol–water partition coefficient (Wildman–Crippen LogP) is 1.96. The Kier molecular flexibility index (Phi) is 7.47. The molecule has 0 spiro atoms. The summed E-state index contributed by atoms with van der Waals surface area (Å²) < 4.78 is 5.13. The molecule has 29 heavy (non-hydrogen) atoms. The number of imide groups is 1. The highest BCUT2D eigenvalue weighted by Gasteiger charge is 2.25. The van der Waals surface area contributed by atoms with Gasteiger partial charge in [-0.05, 0) is 24.6 Å². The smallest absolute Gasteiger partial charge is 0.339 e. The molecule has 2 aromatic rings. The molecule has 0 aliphatic rings. The van der Waals surface area contributed by atoms with Crippen LogP contribution in [0, 0.1) is 0 Å². The van der Waals surface area contributed by atoms with Gasteiger partial charge < -0.3 is 15.0 Å². The fraction of sp³-hybridized carbons (Fsp3) is 0.238. The monoisotopic (exact) mass is 397 g/mol. The lowest BCUT2D eigenvalue weighted by atomic mass is 10.1. The molecular weight excluding hydrogens is 374 g/mol. The molecule has 0 aliphatic carbocycles. The van der Waals surface area contributed by atoms with Crippen LogP contribution in [0.2, 0.25) is 0 Å². The van der Waals surface area contributed by atoms with Crippen molar-refractivity contribution in [3.05, 3.63) is 71.3 Å². The average Bonchev–Trinajstić information content (AvgIpc) is 2.73. The van der Waals surface area contributed by atoms with Gasteiger partial charge in [0.25, 0.3) is 11.8 Å². The van der Waals surface area contributed by atoms with Crippen molar-refractivity contribution in [2.24, 2.45) is 0 Å². The maximum Gasteiger partial charge on any atom is 0.339 e. The van der Waals surface area contributed by atoms with Crippen molar-refractivity contribution in [2.45, 2.75) is 19.6 Å². The first-order chi connectivity index (χ1) is 13.8. The van der Waals surface area contributed by atoms with Crippen molar-refractivity contribution in [3.63, 3.8) is 0 Å². The highest BCUT2D eigenvalue weighted by atomic mass is 16.5. The van der Waals surface area contributed by atoms with Crippen molar-refractivity contribution in [1.82, 2.24) is 15.5 Å². The lowest BCUT2D eigenvalue weighted by molar-refractivity contribution is -0.127. The van der Waals surface area contributed by atoms with Crippen molar-refractivity contribution < 1.29 is 23.9 Å². The van der Waals surface area contributed by atoms with E-state index in [1.54, 1.807) is 19.2 Å². The molecule has 1 atom stereocenters. The number of esters is 1. The Morgan fingerprint density at radius 3 is 2.17 bits per heavy atom. The maximum atomic E-state index is 12.9. The number of benzene rings is 2. The number of hydrogen-bond acceptors (Lipinski definition) is 5. The number of amides is 4. The van der Waals surface area contributed by atoms with Gasteiger partial charge in [0.2, 0.25) is 0 Å². The molecule has 8 heteroatoms. The minimum atomic E-state index is -1.22. The first-order valence-electron chi connectivity index (χ1n) is 8.95. The molecule has 0 aliphatic heterocycles. The van der Waals surface area contributed by atoms with E-state index in [4.69, 9.17) is 4.74 Å². The molecule has 2 aromatic carbocycles. The Bertz CT molecular complexity index is 898. The molecule has 0 aromatic heterocycles. The maximum absolute atomic E-state index is 12.9. The zero-order chi connectivity index (χ0) is 21.4. The highest BCUT2D eigenvalue weighted by molar-refractivity contribution is 6.06. The second kappa shape index (κ2) is 10.0. The summed E-state index contributed by atoms with van der Waals surface area (Å²) in [7, 11) is 2.99. The Hall–Kier alpha value is -3.68. The topological polar surface area (TPSA) is 105 Å². The van der Waals surface area contributed by atoms with Gasteiger partial charge in [-0.1, -0.05) is 42.5 Å². The summed E-state index contributed by atoms with van der Waals surface area (Å²) in [5.41, 5.74) is 1.15. The predicted molar refractivity (Wildman–Crippen MR) is 106 cm³/mol. The summed E-state index contributed by atoms with van der Waals surface area (Å²) in [5.74, 6) is -1.96. The Morgan fingerprint density at radius 2 is 1.55 bits per heavy atom. The van der Waals surface area contributed by atoms with E-state index in [1.807, 2.05) is 35.6 Å². The van der Waals surface area contributed by atoms with E-state index in [0.29, 0.717) is 6.54 Å². The molecule has 0 unspecified atom stereocenters. The first kappa shape index (κ1) is 21.6. The SMILES string of the molecule is CNC(=O)NC(=O)[C@H](C)OC(=O)c1ccccc1C(=O)N(C)Cc1ccccc1. The quantitative estimate of drug-likeness (QED) is 0.725. The molecule has 152 valence electrons. The summed E-state index contributed by atoms with van der Waals surface area (Å²) in [4.78, 5) is 50.0. The number of nitrogens with one attached hydrogen (secondary N) is 2. The summed E-state index contributed by atoms with van der Waals surface area (Å²) in [6.07, 6.45) is -1.22. The first-order valence-corrected chi connectivity index (χ1v) is 8.95. The summed E-state index contributed by atoms with van der Waals surface area (Å²) >= 11 is 0. The van der Waals surface area contributed by atoms with E-state index in [1.165, 1.54) is 31.0 Å². The molecule has 2 N–H and O–H groups in total. The molecule has 0 heterocycles. The van der Waals surface area contributed by atoms with Gasteiger partial charge in [0.15, 0.2) is 6.10 Å². The lowest BCUT2D eigenvalue weighted by Gasteiger charge is -2.19. The Balaban J connectivity index is 2.12. The van der Waals surface area contributed by atoms with Gasteiger partial charge in [-0.25, -0.2) is 9.59 Å². The van der Waals surface area contributed by atoms with Gasteiger partial charge in [0, 0.05) is 20.6 Å². The number of rotatable bonds is 6. The molecular formula is C21H23N3O5. The van der Waals surface area contributed by atoms with Gasteiger partial charge in [-0.15, -0.1) is 0 Å². The van der Waals surface area contributed by atoms with Crippen LogP contribution in [0.3, 0.4) is 0 Å². The van der Waals surface area contributed by atoms with E-state index in [0.717, 1.165) is 5.56 Å². The Morgan fingerprint density at radius 1 is 0.966 bits per heavy atom. The molecule has 0 saturated carbocycles.